The van der Waals surface area contributed by atoms with Gasteiger partial charge in [0.15, 0.2) is 0 Å². The first-order valence-electron chi connectivity index (χ1n) is 5.57. The number of carbonyl (C=O) groups is 1. The lowest BCUT2D eigenvalue weighted by Crippen LogP contribution is -2.14. The van der Waals surface area contributed by atoms with E-state index in [4.69, 9.17) is 5.26 Å². The number of pyridine rings is 1. The Morgan fingerprint density at radius 1 is 1.37 bits per heavy atom. The van der Waals surface area contributed by atoms with Crippen molar-refractivity contribution in [3.8, 4) is 11.8 Å². The van der Waals surface area contributed by atoms with Gasteiger partial charge in [-0.3, -0.25) is 4.79 Å². The lowest BCUT2D eigenvalue weighted by atomic mass is 10.1. The lowest BCUT2D eigenvalue weighted by Gasteiger charge is -2.07. The smallest absolute Gasteiger partial charge is 0.257 e. The number of hydrogen-bond donors (Lipinski definition) is 2. The Balaban J connectivity index is 2.18. The normalized spacial score (nSPS) is 9.68. The molecule has 1 heterocycles. The molecule has 0 aliphatic rings. The Hall–Kier alpha value is -2.87. The van der Waals surface area contributed by atoms with Gasteiger partial charge in [-0.25, -0.2) is 4.98 Å². The summed E-state index contributed by atoms with van der Waals surface area (Å²) < 4.78 is 0. The van der Waals surface area contributed by atoms with Gasteiger partial charge in [-0.2, -0.15) is 5.26 Å². The quantitative estimate of drug-likeness (QED) is 0.859. The minimum atomic E-state index is -0.310. The maximum Gasteiger partial charge on any atom is 0.257 e. The highest BCUT2D eigenvalue weighted by atomic mass is 16.3. The third-order valence-corrected chi connectivity index (χ3v) is 2.59. The average Bonchev–Trinajstić information content (AvgIpc) is 2.39. The zero-order valence-electron chi connectivity index (χ0n) is 10.2. The highest BCUT2D eigenvalue weighted by molar-refractivity contribution is 6.04. The maximum absolute atomic E-state index is 12.0. The van der Waals surface area contributed by atoms with Gasteiger partial charge in [-0.1, -0.05) is 0 Å². The molecule has 0 bridgehead atoms. The van der Waals surface area contributed by atoms with E-state index in [2.05, 4.69) is 10.3 Å². The van der Waals surface area contributed by atoms with Gasteiger partial charge in [0.2, 0.25) is 0 Å². The van der Waals surface area contributed by atoms with Crippen LogP contribution in [0.3, 0.4) is 0 Å². The van der Waals surface area contributed by atoms with E-state index in [1.165, 1.54) is 18.3 Å². The van der Waals surface area contributed by atoms with Gasteiger partial charge < -0.3 is 10.4 Å². The molecule has 0 atom stereocenters. The summed E-state index contributed by atoms with van der Waals surface area (Å²) in [4.78, 5) is 16.0. The number of aryl methyl sites for hydroxylation is 1. The Labute approximate surface area is 110 Å². The molecule has 2 N–H and O–H groups in total. The van der Waals surface area contributed by atoms with Crippen LogP contribution in [-0.4, -0.2) is 16.0 Å². The summed E-state index contributed by atoms with van der Waals surface area (Å²) in [5.41, 5.74) is 1.56. The molecule has 0 spiro atoms. The second-order valence-electron chi connectivity index (χ2n) is 4.00. The third kappa shape index (κ3) is 2.87. The lowest BCUT2D eigenvalue weighted by molar-refractivity contribution is 0.102. The van der Waals surface area contributed by atoms with Gasteiger partial charge in [0, 0.05) is 11.8 Å². The molecule has 0 unspecified atom stereocenters. The number of aromatic nitrogens is 1. The minimum Gasteiger partial charge on any atom is -0.508 e. The summed E-state index contributed by atoms with van der Waals surface area (Å²) in [6.45, 7) is 1.74. The molecule has 1 aromatic carbocycles. The van der Waals surface area contributed by atoms with Crippen LogP contribution in [0.2, 0.25) is 0 Å². The van der Waals surface area contributed by atoms with Gasteiger partial charge in [0.1, 0.15) is 17.6 Å². The van der Waals surface area contributed by atoms with Crippen molar-refractivity contribution in [2.45, 2.75) is 6.92 Å². The van der Waals surface area contributed by atoms with Gasteiger partial charge in [0.25, 0.3) is 5.91 Å². The Morgan fingerprint density at radius 2 is 2.16 bits per heavy atom. The van der Waals surface area contributed by atoms with Crippen LogP contribution in [-0.2, 0) is 0 Å². The van der Waals surface area contributed by atoms with Crippen LogP contribution in [0, 0.1) is 18.3 Å². The van der Waals surface area contributed by atoms with Gasteiger partial charge in [-0.05, 0) is 42.8 Å². The molecule has 1 amide bonds. The highest BCUT2D eigenvalue weighted by Crippen LogP contribution is 2.16. The average molecular weight is 253 g/mol. The van der Waals surface area contributed by atoms with Crippen molar-refractivity contribution >= 4 is 11.7 Å². The molecule has 0 aliphatic carbocycles. The van der Waals surface area contributed by atoms with Crippen molar-refractivity contribution in [3.05, 3.63) is 53.2 Å². The monoisotopic (exact) mass is 253 g/mol. The number of nitrogens with one attached hydrogen (secondary N) is 1. The van der Waals surface area contributed by atoms with Crippen molar-refractivity contribution in [1.29, 1.82) is 5.26 Å². The molecule has 0 saturated heterocycles. The second-order valence-corrected chi connectivity index (χ2v) is 4.00. The summed E-state index contributed by atoms with van der Waals surface area (Å²) in [6, 6.07) is 9.60. The zero-order valence-corrected chi connectivity index (χ0v) is 10.2. The van der Waals surface area contributed by atoms with Crippen molar-refractivity contribution in [2.24, 2.45) is 0 Å². The van der Waals surface area contributed by atoms with Crippen molar-refractivity contribution in [1.82, 2.24) is 4.98 Å². The minimum absolute atomic E-state index is 0.116. The standard InChI is InChI=1S/C14H11N3O2/c1-9-6-11(18)3-4-12(9)14(19)17-13-5-2-10(7-15)8-16-13/h2-6,8,18H,1H3,(H,16,17,19). The molecule has 5 heteroatoms. The van der Waals surface area contributed by atoms with Crippen LogP contribution in [0.15, 0.2) is 36.5 Å². The van der Waals surface area contributed by atoms with E-state index in [1.54, 1.807) is 25.1 Å². The highest BCUT2D eigenvalue weighted by Gasteiger charge is 2.10. The van der Waals surface area contributed by atoms with Crippen molar-refractivity contribution in [2.75, 3.05) is 5.32 Å². The number of anilines is 1. The molecule has 0 fully saturated rings. The summed E-state index contributed by atoms with van der Waals surface area (Å²) in [5.74, 6) is 0.178. The molecular formula is C14H11N3O2. The number of carbonyl (C=O) groups excluding carboxylic acids is 1. The predicted molar refractivity (Wildman–Crippen MR) is 69.7 cm³/mol. The summed E-state index contributed by atoms with van der Waals surface area (Å²) in [5, 5.41) is 20.6. The molecule has 0 aliphatic heterocycles. The van der Waals surface area contributed by atoms with Crippen molar-refractivity contribution in [3.63, 3.8) is 0 Å². The molecule has 1 aromatic heterocycles. The number of nitrogens with zero attached hydrogens (tertiary/aromatic N) is 2. The van der Waals surface area contributed by atoms with Crippen LogP contribution in [0.5, 0.6) is 5.75 Å². The van der Waals surface area contributed by atoms with Crippen LogP contribution >= 0.6 is 0 Å². The Bertz CT molecular complexity index is 657. The SMILES string of the molecule is Cc1cc(O)ccc1C(=O)Nc1ccc(C#N)cn1. The number of benzene rings is 1. The number of phenols is 1. The number of nitriles is 1. The molecule has 0 radical (unpaired) electrons. The van der Waals surface area contributed by atoms with E-state index in [1.807, 2.05) is 6.07 Å². The Kier molecular flexibility index (Phi) is 3.44. The zero-order chi connectivity index (χ0) is 13.8. The molecule has 2 rings (SSSR count). The van der Waals surface area contributed by atoms with E-state index in [0.717, 1.165) is 0 Å². The van der Waals surface area contributed by atoms with Crippen LogP contribution in [0.1, 0.15) is 21.5 Å². The largest absolute Gasteiger partial charge is 0.508 e. The first kappa shape index (κ1) is 12.6. The fourth-order valence-electron chi connectivity index (χ4n) is 1.62. The van der Waals surface area contributed by atoms with Crippen molar-refractivity contribution < 1.29 is 9.90 Å². The van der Waals surface area contributed by atoms with Crippen LogP contribution in [0.25, 0.3) is 0 Å². The van der Waals surface area contributed by atoms with Crippen LogP contribution < -0.4 is 5.32 Å². The van der Waals surface area contributed by atoms with Gasteiger partial charge in [-0.15, -0.1) is 0 Å². The molecule has 94 valence electrons. The van der Waals surface area contributed by atoms with E-state index >= 15 is 0 Å². The number of aromatic hydroxyl groups is 1. The van der Waals surface area contributed by atoms with Gasteiger partial charge >= 0.3 is 0 Å². The molecular weight excluding hydrogens is 242 g/mol. The third-order valence-electron chi connectivity index (χ3n) is 2.59. The topological polar surface area (TPSA) is 86.0 Å². The number of rotatable bonds is 2. The van der Waals surface area contributed by atoms with E-state index in [9.17, 15) is 9.90 Å². The maximum atomic E-state index is 12.0. The van der Waals surface area contributed by atoms with Crippen LogP contribution in [0.4, 0.5) is 5.82 Å². The first-order chi connectivity index (χ1) is 9.10. The fourth-order valence-corrected chi connectivity index (χ4v) is 1.62. The number of phenolic OH excluding ortho intramolecular Hbond substituents is 1. The van der Waals surface area contributed by atoms with Gasteiger partial charge in [0.05, 0.1) is 5.56 Å². The molecule has 19 heavy (non-hydrogen) atoms. The summed E-state index contributed by atoms with van der Waals surface area (Å²) in [7, 11) is 0. The molecule has 0 saturated carbocycles. The Morgan fingerprint density at radius 3 is 2.74 bits per heavy atom. The second kappa shape index (κ2) is 5.19. The van der Waals surface area contributed by atoms with E-state index < -0.39 is 0 Å². The predicted octanol–water partition coefficient (Wildman–Crippen LogP) is 2.22. The van der Waals surface area contributed by atoms with E-state index in [0.29, 0.717) is 22.5 Å². The van der Waals surface area contributed by atoms with E-state index in [-0.39, 0.29) is 11.7 Å². The summed E-state index contributed by atoms with van der Waals surface area (Å²) >= 11 is 0. The number of hydrogen-bond acceptors (Lipinski definition) is 4. The fraction of sp³-hybridized carbons (Fsp3) is 0.0714. The molecule has 5 nitrogen and oxygen atoms in total. The first-order valence-corrected chi connectivity index (χ1v) is 5.57. The molecule has 2 aromatic rings. The number of amides is 1. The summed E-state index contributed by atoms with van der Waals surface area (Å²) in [6.07, 6.45) is 1.39.